The van der Waals surface area contributed by atoms with Crippen LogP contribution in [-0.2, 0) is 6.42 Å². The Balaban J connectivity index is 2.22. The normalized spacial score (nSPS) is 10.2. The molecule has 2 nitrogen and oxygen atoms in total. The van der Waals surface area contributed by atoms with Crippen molar-refractivity contribution in [2.75, 3.05) is 0 Å². The van der Waals surface area contributed by atoms with Crippen molar-refractivity contribution >= 4 is 29.2 Å². The summed E-state index contributed by atoms with van der Waals surface area (Å²) >= 11 is 7.42. The summed E-state index contributed by atoms with van der Waals surface area (Å²) in [5.41, 5.74) is 1.03. The van der Waals surface area contributed by atoms with E-state index in [1.807, 2.05) is 24.3 Å². The van der Waals surface area contributed by atoms with Gasteiger partial charge in [-0.1, -0.05) is 29.8 Å². The number of rotatable bonds is 3. The van der Waals surface area contributed by atoms with Crippen LogP contribution in [0, 0.1) is 0 Å². The zero-order chi connectivity index (χ0) is 10.7. The third kappa shape index (κ3) is 2.43. The van der Waals surface area contributed by atoms with E-state index in [1.165, 1.54) is 11.3 Å². The van der Waals surface area contributed by atoms with E-state index < -0.39 is 0 Å². The molecule has 0 aliphatic heterocycles. The summed E-state index contributed by atoms with van der Waals surface area (Å²) in [7, 11) is 0. The molecule has 0 bridgehead atoms. The Morgan fingerprint density at radius 1 is 1.40 bits per heavy atom. The number of hydrogen-bond donors (Lipinski definition) is 0. The van der Waals surface area contributed by atoms with E-state index in [-0.39, 0.29) is 0 Å². The quantitative estimate of drug-likeness (QED) is 0.768. The van der Waals surface area contributed by atoms with E-state index in [0.717, 1.165) is 21.9 Å². The van der Waals surface area contributed by atoms with Gasteiger partial charge in [-0.25, -0.2) is 4.98 Å². The fourth-order valence-electron chi connectivity index (χ4n) is 1.27. The van der Waals surface area contributed by atoms with Gasteiger partial charge in [0, 0.05) is 17.6 Å². The van der Waals surface area contributed by atoms with Gasteiger partial charge in [0.15, 0.2) is 6.29 Å². The molecule has 15 heavy (non-hydrogen) atoms. The average Bonchev–Trinajstić information content (AvgIpc) is 2.69. The minimum absolute atomic E-state index is 0.650. The van der Waals surface area contributed by atoms with Gasteiger partial charge in [-0.15, -0.1) is 11.3 Å². The minimum Gasteiger partial charge on any atom is -0.297 e. The number of carbonyl (C=O) groups excluding carboxylic acids is 1. The average molecular weight is 238 g/mol. The van der Waals surface area contributed by atoms with Crippen LogP contribution in [0.5, 0.6) is 0 Å². The Kier molecular flexibility index (Phi) is 3.14. The van der Waals surface area contributed by atoms with Gasteiger partial charge in [0.1, 0.15) is 0 Å². The molecule has 0 aliphatic carbocycles. The first-order valence-electron chi connectivity index (χ1n) is 4.43. The minimum atomic E-state index is 0.650. The first-order chi connectivity index (χ1) is 7.29. The SMILES string of the molecule is O=Cc1cnc(Cc2ccccc2Cl)s1. The highest BCUT2D eigenvalue weighted by molar-refractivity contribution is 7.13. The van der Waals surface area contributed by atoms with Crippen LogP contribution in [0.15, 0.2) is 30.5 Å². The lowest BCUT2D eigenvalue weighted by Crippen LogP contribution is -1.87. The monoisotopic (exact) mass is 237 g/mol. The Hall–Kier alpha value is -1.19. The molecule has 2 aromatic rings. The molecule has 76 valence electrons. The summed E-state index contributed by atoms with van der Waals surface area (Å²) in [6, 6.07) is 7.65. The molecule has 1 heterocycles. The van der Waals surface area contributed by atoms with Crippen molar-refractivity contribution in [2.45, 2.75) is 6.42 Å². The fraction of sp³-hybridized carbons (Fsp3) is 0.0909. The molecule has 0 saturated heterocycles. The van der Waals surface area contributed by atoms with Crippen molar-refractivity contribution in [2.24, 2.45) is 0 Å². The molecule has 0 amide bonds. The van der Waals surface area contributed by atoms with Crippen molar-refractivity contribution in [3.8, 4) is 0 Å². The number of halogens is 1. The molecule has 2 rings (SSSR count). The second-order valence-electron chi connectivity index (χ2n) is 3.04. The lowest BCUT2D eigenvalue weighted by Gasteiger charge is -1.99. The van der Waals surface area contributed by atoms with Crippen molar-refractivity contribution in [1.29, 1.82) is 0 Å². The highest BCUT2D eigenvalue weighted by Crippen LogP contribution is 2.21. The Labute approximate surface area is 96.5 Å². The van der Waals surface area contributed by atoms with Crippen LogP contribution >= 0.6 is 22.9 Å². The summed E-state index contributed by atoms with van der Waals surface area (Å²) in [5, 5.41) is 1.64. The van der Waals surface area contributed by atoms with Crippen molar-refractivity contribution in [3.63, 3.8) is 0 Å². The summed E-state index contributed by atoms with van der Waals surface area (Å²) in [5.74, 6) is 0. The van der Waals surface area contributed by atoms with E-state index in [0.29, 0.717) is 11.3 Å². The third-order valence-electron chi connectivity index (χ3n) is 1.99. The molecule has 1 aromatic carbocycles. The van der Waals surface area contributed by atoms with E-state index in [4.69, 9.17) is 11.6 Å². The molecule has 1 aromatic heterocycles. The van der Waals surface area contributed by atoms with Crippen molar-refractivity contribution in [3.05, 3.63) is 50.9 Å². The molecular weight excluding hydrogens is 230 g/mol. The van der Waals surface area contributed by atoms with E-state index >= 15 is 0 Å². The van der Waals surface area contributed by atoms with Crippen molar-refractivity contribution < 1.29 is 4.79 Å². The van der Waals surface area contributed by atoms with Crippen LogP contribution in [0.1, 0.15) is 20.2 Å². The number of thiazole rings is 1. The van der Waals surface area contributed by atoms with Crippen LogP contribution < -0.4 is 0 Å². The topological polar surface area (TPSA) is 30.0 Å². The van der Waals surface area contributed by atoms with Gasteiger partial charge in [0.05, 0.1) is 9.88 Å². The predicted octanol–water partition coefficient (Wildman–Crippen LogP) is 3.20. The maximum atomic E-state index is 10.5. The van der Waals surface area contributed by atoms with Gasteiger partial charge in [-0.2, -0.15) is 0 Å². The second kappa shape index (κ2) is 4.55. The summed E-state index contributed by atoms with van der Waals surface area (Å²) in [6.07, 6.45) is 3.08. The van der Waals surface area contributed by atoms with Gasteiger partial charge < -0.3 is 0 Å². The Morgan fingerprint density at radius 2 is 2.20 bits per heavy atom. The molecule has 0 atom stereocenters. The van der Waals surface area contributed by atoms with Gasteiger partial charge in [0.25, 0.3) is 0 Å². The van der Waals surface area contributed by atoms with Crippen LogP contribution in [0.2, 0.25) is 5.02 Å². The van der Waals surface area contributed by atoms with E-state index in [9.17, 15) is 4.79 Å². The van der Waals surface area contributed by atoms with Crippen molar-refractivity contribution in [1.82, 2.24) is 4.98 Å². The molecule has 0 aliphatic rings. The Morgan fingerprint density at radius 3 is 2.87 bits per heavy atom. The maximum absolute atomic E-state index is 10.5. The highest BCUT2D eigenvalue weighted by atomic mass is 35.5. The molecule has 4 heteroatoms. The molecule has 0 saturated carbocycles. The predicted molar refractivity (Wildman–Crippen MR) is 61.8 cm³/mol. The molecule has 0 radical (unpaired) electrons. The largest absolute Gasteiger partial charge is 0.297 e. The number of hydrogen-bond acceptors (Lipinski definition) is 3. The smallest absolute Gasteiger partial charge is 0.161 e. The molecule has 0 spiro atoms. The maximum Gasteiger partial charge on any atom is 0.161 e. The van der Waals surface area contributed by atoms with Crippen LogP contribution in [0.3, 0.4) is 0 Å². The highest BCUT2D eigenvalue weighted by Gasteiger charge is 2.04. The summed E-state index contributed by atoms with van der Waals surface area (Å²) in [6.45, 7) is 0. The molecule has 0 unspecified atom stereocenters. The second-order valence-corrected chi connectivity index (χ2v) is 4.60. The summed E-state index contributed by atoms with van der Waals surface area (Å²) < 4.78 is 0. The number of carbonyl (C=O) groups is 1. The zero-order valence-corrected chi connectivity index (χ0v) is 9.39. The molecular formula is C11H8ClNOS. The summed E-state index contributed by atoms with van der Waals surface area (Å²) in [4.78, 5) is 15.3. The lowest BCUT2D eigenvalue weighted by atomic mass is 10.2. The lowest BCUT2D eigenvalue weighted by molar-refractivity contribution is 0.112. The fourth-order valence-corrected chi connectivity index (χ4v) is 2.23. The molecule has 0 fully saturated rings. The standard InChI is InChI=1S/C11H8ClNOS/c12-10-4-2-1-3-8(10)5-11-13-6-9(7-14)15-11/h1-4,6-7H,5H2. The van der Waals surface area contributed by atoms with Gasteiger partial charge in [-0.3, -0.25) is 4.79 Å². The zero-order valence-electron chi connectivity index (χ0n) is 7.81. The number of benzene rings is 1. The van der Waals surface area contributed by atoms with Crippen LogP contribution in [0.4, 0.5) is 0 Å². The first kappa shape index (κ1) is 10.3. The number of aromatic nitrogens is 1. The van der Waals surface area contributed by atoms with E-state index in [2.05, 4.69) is 4.98 Å². The van der Waals surface area contributed by atoms with Crippen LogP contribution in [0.25, 0.3) is 0 Å². The van der Waals surface area contributed by atoms with Gasteiger partial charge in [0.2, 0.25) is 0 Å². The van der Waals surface area contributed by atoms with Gasteiger partial charge >= 0.3 is 0 Å². The van der Waals surface area contributed by atoms with Crippen LogP contribution in [-0.4, -0.2) is 11.3 Å². The Bertz CT molecular complexity index is 481. The molecule has 0 N–H and O–H groups in total. The third-order valence-corrected chi connectivity index (χ3v) is 3.28. The van der Waals surface area contributed by atoms with Gasteiger partial charge in [-0.05, 0) is 11.6 Å². The number of aldehydes is 1. The first-order valence-corrected chi connectivity index (χ1v) is 5.62. The number of nitrogens with zero attached hydrogens (tertiary/aromatic N) is 1. The van der Waals surface area contributed by atoms with E-state index in [1.54, 1.807) is 6.20 Å².